The number of amidine groups is 1. The normalized spacial score (nSPS) is 23.6. The van der Waals surface area contributed by atoms with Crippen molar-refractivity contribution in [2.24, 2.45) is 4.99 Å². The largest absolute Gasteiger partial charge is 0.495 e. The van der Waals surface area contributed by atoms with Crippen LogP contribution < -0.4 is 9.64 Å². The van der Waals surface area contributed by atoms with Crippen molar-refractivity contribution in [3.63, 3.8) is 0 Å². The van der Waals surface area contributed by atoms with E-state index in [-0.39, 0.29) is 35.1 Å². The lowest BCUT2D eigenvalue weighted by atomic mass is 10.1. The van der Waals surface area contributed by atoms with E-state index in [1.54, 1.807) is 41.3 Å². The van der Waals surface area contributed by atoms with Crippen LogP contribution in [0.2, 0.25) is 10.0 Å². The molecule has 0 radical (unpaired) electrons. The molecule has 0 aromatic heterocycles. The number of rotatable bonds is 4. The highest BCUT2D eigenvalue weighted by molar-refractivity contribution is 8.16. The maximum absolute atomic E-state index is 12.7. The lowest BCUT2D eigenvalue weighted by molar-refractivity contribution is -0.117. The van der Waals surface area contributed by atoms with Crippen molar-refractivity contribution in [3.05, 3.63) is 58.1 Å². The number of amides is 1. The van der Waals surface area contributed by atoms with Gasteiger partial charge in [0.05, 0.1) is 36.1 Å². The Morgan fingerprint density at radius 3 is 2.67 bits per heavy atom. The van der Waals surface area contributed by atoms with Crippen molar-refractivity contribution in [2.45, 2.75) is 17.7 Å². The van der Waals surface area contributed by atoms with Crippen LogP contribution in [0.25, 0.3) is 0 Å². The number of carbonyl (C=O) groups excluding carboxylic acids is 1. The van der Waals surface area contributed by atoms with Gasteiger partial charge in [0.2, 0.25) is 0 Å². The van der Waals surface area contributed by atoms with Gasteiger partial charge in [0.1, 0.15) is 5.75 Å². The molecule has 0 saturated carbocycles. The fourth-order valence-electron chi connectivity index (χ4n) is 3.62. The van der Waals surface area contributed by atoms with Gasteiger partial charge in [-0.15, -0.1) is 0 Å². The molecule has 2 saturated heterocycles. The molecule has 0 N–H and O–H groups in total. The second-order valence-corrected chi connectivity index (χ2v) is 11.2. The van der Waals surface area contributed by atoms with Gasteiger partial charge in [-0.1, -0.05) is 53.2 Å². The van der Waals surface area contributed by atoms with Gasteiger partial charge in [0.15, 0.2) is 15.0 Å². The summed E-state index contributed by atoms with van der Waals surface area (Å²) in [6.07, 6.45) is 0.0641. The van der Waals surface area contributed by atoms with E-state index < -0.39 is 9.84 Å². The Balaban J connectivity index is 1.67. The van der Waals surface area contributed by atoms with Crippen LogP contribution in [-0.2, 0) is 21.1 Å². The van der Waals surface area contributed by atoms with Gasteiger partial charge in [-0.05, 0) is 29.8 Å². The zero-order valence-corrected chi connectivity index (χ0v) is 19.1. The summed E-state index contributed by atoms with van der Waals surface area (Å²) in [5.41, 5.74) is 1.36. The first-order valence-electron chi connectivity index (χ1n) is 9.12. The lowest BCUT2D eigenvalue weighted by Crippen LogP contribution is -2.37. The third kappa shape index (κ3) is 4.32. The second-order valence-electron chi connectivity index (χ2n) is 7.05. The first-order chi connectivity index (χ1) is 14.3. The average Bonchev–Trinajstić information content (AvgIpc) is 3.14. The monoisotopic (exact) mass is 484 g/mol. The first-order valence-corrected chi connectivity index (χ1v) is 12.6. The molecule has 0 aliphatic carbocycles. The molecular formula is C20H18Cl2N2O4S2. The van der Waals surface area contributed by atoms with Crippen LogP contribution in [0.15, 0.2) is 47.5 Å². The summed E-state index contributed by atoms with van der Waals surface area (Å²) in [6.45, 7) is 0. The highest BCUT2D eigenvalue weighted by Gasteiger charge is 2.49. The molecule has 2 aromatic carbocycles. The topological polar surface area (TPSA) is 76.0 Å². The van der Waals surface area contributed by atoms with Gasteiger partial charge < -0.3 is 9.64 Å². The van der Waals surface area contributed by atoms with Crippen LogP contribution >= 0.6 is 35.0 Å². The number of aliphatic imine (C=N–C) groups is 1. The molecule has 4 rings (SSSR count). The minimum absolute atomic E-state index is 0.00599. The molecule has 6 nitrogen and oxygen atoms in total. The molecular weight excluding hydrogens is 467 g/mol. The van der Waals surface area contributed by atoms with E-state index in [9.17, 15) is 13.2 Å². The zero-order chi connectivity index (χ0) is 21.5. The van der Waals surface area contributed by atoms with E-state index in [1.807, 2.05) is 6.07 Å². The van der Waals surface area contributed by atoms with E-state index in [4.69, 9.17) is 27.9 Å². The van der Waals surface area contributed by atoms with Crippen LogP contribution in [0.4, 0.5) is 5.69 Å². The Kier molecular flexibility index (Phi) is 6.03. The molecule has 2 aliphatic heterocycles. The SMILES string of the molecule is COc1ccc(N2C(=NC(=O)Cc3ccccc3Cl)S[C@H]3CS(=O)(=O)C[C@H]32)cc1Cl. The standard InChI is InChI=1S/C20H18Cl2N2O4S2/c1-28-17-7-6-13(9-15(17)22)24-16-10-30(26,27)11-18(16)29-20(24)23-19(25)8-12-4-2-3-5-14(12)21/h2-7,9,16,18H,8,10-11H2,1H3/t16-,18+/m1/s1. The molecule has 2 heterocycles. The Morgan fingerprint density at radius 1 is 1.20 bits per heavy atom. The summed E-state index contributed by atoms with van der Waals surface area (Å²) in [7, 11) is -1.63. The van der Waals surface area contributed by atoms with Crippen molar-refractivity contribution in [1.82, 2.24) is 0 Å². The van der Waals surface area contributed by atoms with Crippen molar-refractivity contribution in [1.29, 1.82) is 0 Å². The average molecular weight is 485 g/mol. The quantitative estimate of drug-likeness (QED) is 0.655. The molecule has 0 bridgehead atoms. The van der Waals surface area contributed by atoms with Crippen molar-refractivity contribution in [2.75, 3.05) is 23.5 Å². The predicted octanol–water partition coefficient (Wildman–Crippen LogP) is 3.85. The Labute approximate surface area is 189 Å². The van der Waals surface area contributed by atoms with Gasteiger partial charge in [-0.3, -0.25) is 4.79 Å². The lowest BCUT2D eigenvalue weighted by Gasteiger charge is -2.25. The van der Waals surface area contributed by atoms with Crippen LogP contribution in [0.5, 0.6) is 5.75 Å². The van der Waals surface area contributed by atoms with Crippen molar-refractivity contribution in [3.8, 4) is 5.75 Å². The molecule has 158 valence electrons. The predicted molar refractivity (Wildman–Crippen MR) is 122 cm³/mol. The molecule has 1 amide bonds. The number of benzene rings is 2. The highest BCUT2D eigenvalue weighted by Crippen LogP contribution is 2.42. The maximum Gasteiger partial charge on any atom is 0.252 e. The number of ether oxygens (including phenoxy) is 1. The number of methoxy groups -OCH3 is 1. The molecule has 30 heavy (non-hydrogen) atoms. The minimum Gasteiger partial charge on any atom is -0.495 e. The Hall–Kier alpha value is -1.74. The van der Waals surface area contributed by atoms with E-state index in [0.717, 1.165) is 0 Å². The summed E-state index contributed by atoms with van der Waals surface area (Å²) < 4.78 is 29.6. The van der Waals surface area contributed by atoms with Gasteiger partial charge in [-0.25, -0.2) is 8.42 Å². The molecule has 0 unspecified atom stereocenters. The summed E-state index contributed by atoms with van der Waals surface area (Å²) in [6, 6.07) is 12.0. The number of halogens is 2. The van der Waals surface area contributed by atoms with Crippen LogP contribution in [0.3, 0.4) is 0 Å². The smallest absolute Gasteiger partial charge is 0.252 e. The van der Waals surface area contributed by atoms with Gasteiger partial charge in [-0.2, -0.15) is 4.99 Å². The number of nitrogens with zero attached hydrogens (tertiary/aromatic N) is 2. The Bertz CT molecular complexity index is 1140. The maximum atomic E-state index is 12.7. The van der Waals surface area contributed by atoms with Crippen LogP contribution in [-0.4, -0.2) is 49.4 Å². The first kappa shape index (κ1) is 21.5. The number of thioether (sulfide) groups is 1. The van der Waals surface area contributed by atoms with Crippen LogP contribution in [0.1, 0.15) is 5.56 Å². The molecule has 2 aromatic rings. The van der Waals surface area contributed by atoms with E-state index in [1.165, 1.54) is 18.9 Å². The number of anilines is 1. The van der Waals surface area contributed by atoms with E-state index >= 15 is 0 Å². The molecule has 2 atom stereocenters. The fraction of sp³-hybridized carbons (Fsp3) is 0.300. The van der Waals surface area contributed by atoms with Crippen molar-refractivity contribution < 1.29 is 17.9 Å². The van der Waals surface area contributed by atoms with Gasteiger partial charge >= 0.3 is 0 Å². The highest BCUT2D eigenvalue weighted by atomic mass is 35.5. The Morgan fingerprint density at radius 2 is 1.97 bits per heavy atom. The number of carbonyl (C=O) groups is 1. The third-order valence-electron chi connectivity index (χ3n) is 5.00. The summed E-state index contributed by atoms with van der Waals surface area (Å²) in [5.74, 6) is 0.223. The molecule has 2 fully saturated rings. The number of hydrogen-bond donors (Lipinski definition) is 0. The number of sulfone groups is 1. The van der Waals surface area contributed by atoms with E-state index in [2.05, 4.69) is 4.99 Å². The summed E-state index contributed by atoms with van der Waals surface area (Å²) in [5, 5.41) is 1.18. The summed E-state index contributed by atoms with van der Waals surface area (Å²) >= 11 is 13.8. The number of hydrogen-bond acceptors (Lipinski definition) is 5. The third-order valence-corrected chi connectivity index (χ3v) is 8.87. The van der Waals surface area contributed by atoms with Gasteiger partial charge in [0, 0.05) is 16.0 Å². The number of fused-ring (bicyclic) bond motifs is 1. The fourth-order valence-corrected chi connectivity index (χ4v) is 8.01. The zero-order valence-electron chi connectivity index (χ0n) is 15.9. The van der Waals surface area contributed by atoms with Gasteiger partial charge in [0.25, 0.3) is 5.91 Å². The second kappa shape index (κ2) is 8.42. The molecule has 2 aliphatic rings. The summed E-state index contributed by atoms with van der Waals surface area (Å²) in [4.78, 5) is 18.8. The molecule has 10 heteroatoms. The van der Waals surface area contributed by atoms with Crippen molar-refractivity contribution >= 4 is 61.6 Å². The van der Waals surface area contributed by atoms with E-state index in [0.29, 0.717) is 32.2 Å². The van der Waals surface area contributed by atoms with Crippen LogP contribution in [0, 0.1) is 0 Å². The molecule has 0 spiro atoms. The minimum atomic E-state index is -3.15.